The van der Waals surface area contributed by atoms with Gasteiger partial charge in [-0.3, -0.25) is 4.79 Å². The van der Waals surface area contributed by atoms with Crippen LogP contribution in [0.4, 0.5) is 0 Å². The van der Waals surface area contributed by atoms with Crippen molar-refractivity contribution >= 4 is 17.5 Å². The Balaban J connectivity index is 2.07. The van der Waals surface area contributed by atoms with E-state index in [9.17, 15) is 4.79 Å². The van der Waals surface area contributed by atoms with E-state index >= 15 is 0 Å². The van der Waals surface area contributed by atoms with Crippen molar-refractivity contribution in [3.63, 3.8) is 0 Å². The summed E-state index contributed by atoms with van der Waals surface area (Å²) in [5, 5.41) is 0.739. The number of rotatable bonds is 9. The maximum Gasteiger partial charge on any atom is 0.222 e. The fraction of sp³-hybridized carbons (Fsp3) is 0.421. The Kier molecular flexibility index (Phi) is 7.35. The summed E-state index contributed by atoms with van der Waals surface area (Å²) in [6.45, 7) is 4.63. The summed E-state index contributed by atoms with van der Waals surface area (Å²) in [4.78, 5) is 14.1. The number of benzene rings is 1. The number of ether oxygens (including phenoxy) is 1. The summed E-state index contributed by atoms with van der Waals surface area (Å²) < 4.78 is 7.26. The lowest BCUT2D eigenvalue weighted by Crippen LogP contribution is -2.32. The monoisotopic (exact) mass is 348 g/mol. The molecule has 0 radical (unpaired) electrons. The summed E-state index contributed by atoms with van der Waals surface area (Å²) in [7, 11) is 1.68. The van der Waals surface area contributed by atoms with Gasteiger partial charge in [0.25, 0.3) is 0 Å². The second-order valence-electron chi connectivity index (χ2n) is 5.77. The minimum Gasteiger partial charge on any atom is -0.385 e. The highest BCUT2D eigenvalue weighted by Crippen LogP contribution is 2.15. The third-order valence-corrected chi connectivity index (χ3v) is 4.19. The highest BCUT2D eigenvalue weighted by molar-refractivity contribution is 6.30. The number of methoxy groups -OCH3 is 1. The van der Waals surface area contributed by atoms with Gasteiger partial charge in [-0.2, -0.15) is 0 Å². The average molecular weight is 349 g/mol. The molecule has 5 heteroatoms. The SMILES string of the molecule is CCC(=O)N(CCCOC)Cc1cccn1Cc1cccc(Cl)c1. The zero-order chi connectivity index (χ0) is 17.4. The van der Waals surface area contributed by atoms with Crippen LogP contribution in [0.2, 0.25) is 5.02 Å². The number of aromatic nitrogens is 1. The number of halogens is 1. The minimum absolute atomic E-state index is 0.168. The molecule has 1 amide bonds. The molecule has 0 aliphatic rings. The van der Waals surface area contributed by atoms with Crippen LogP contribution in [0.5, 0.6) is 0 Å². The number of carbonyl (C=O) groups is 1. The van der Waals surface area contributed by atoms with Crippen LogP contribution in [-0.2, 0) is 22.6 Å². The maximum absolute atomic E-state index is 12.2. The number of hydrogen-bond acceptors (Lipinski definition) is 2. The zero-order valence-corrected chi connectivity index (χ0v) is 15.1. The molecular weight excluding hydrogens is 324 g/mol. The lowest BCUT2D eigenvalue weighted by molar-refractivity contribution is -0.131. The Hall–Kier alpha value is -1.78. The molecule has 0 spiro atoms. The van der Waals surface area contributed by atoms with Crippen LogP contribution in [0.25, 0.3) is 0 Å². The maximum atomic E-state index is 12.2. The summed E-state index contributed by atoms with van der Waals surface area (Å²) >= 11 is 6.07. The van der Waals surface area contributed by atoms with Gasteiger partial charge < -0.3 is 14.2 Å². The molecule has 1 aromatic carbocycles. The molecule has 0 aliphatic heterocycles. The molecular formula is C19H25ClN2O2. The van der Waals surface area contributed by atoms with Crippen LogP contribution in [0, 0.1) is 0 Å². The van der Waals surface area contributed by atoms with Gasteiger partial charge in [-0.25, -0.2) is 0 Å². The third-order valence-electron chi connectivity index (χ3n) is 3.95. The lowest BCUT2D eigenvalue weighted by Gasteiger charge is -2.23. The molecule has 4 nitrogen and oxygen atoms in total. The van der Waals surface area contributed by atoms with Gasteiger partial charge in [0.15, 0.2) is 0 Å². The first-order valence-corrected chi connectivity index (χ1v) is 8.67. The predicted octanol–water partition coefficient (Wildman–Crippen LogP) is 3.96. The Morgan fingerprint density at radius 3 is 2.83 bits per heavy atom. The predicted molar refractivity (Wildman–Crippen MR) is 97.2 cm³/mol. The quantitative estimate of drug-likeness (QED) is 0.643. The standard InChI is InChI=1S/C19H25ClN2O2/c1-3-19(23)22(11-6-12-24-2)15-18-9-5-10-21(18)14-16-7-4-8-17(20)13-16/h4-5,7-10,13H,3,6,11-12,14-15H2,1-2H3. The first-order chi connectivity index (χ1) is 11.6. The van der Waals surface area contributed by atoms with Crippen LogP contribution in [-0.4, -0.2) is 35.6 Å². The van der Waals surface area contributed by atoms with Crippen molar-refractivity contribution in [2.75, 3.05) is 20.3 Å². The van der Waals surface area contributed by atoms with Gasteiger partial charge in [0.1, 0.15) is 0 Å². The molecule has 0 fully saturated rings. The third kappa shape index (κ3) is 5.39. The average Bonchev–Trinajstić information content (AvgIpc) is 3.00. The van der Waals surface area contributed by atoms with E-state index in [0.717, 1.165) is 29.2 Å². The van der Waals surface area contributed by atoms with E-state index in [1.165, 1.54) is 0 Å². The fourth-order valence-electron chi connectivity index (χ4n) is 2.69. The molecule has 2 rings (SSSR count). The molecule has 0 N–H and O–H groups in total. The van der Waals surface area contributed by atoms with Crippen LogP contribution in [0.15, 0.2) is 42.6 Å². The number of hydrogen-bond donors (Lipinski definition) is 0. The van der Waals surface area contributed by atoms with E-state index in [4.69, 9.17) is 16.3 Å². The Bertz CT molecular complexity index is 654. The summed E-state index contributed by atoms with van der Waals surface area (Å²) in [6, 6.07) is 11.9. The molecule has 0 atom stereocenters. The van der Waals surface area contributed by atoms with E-state index in [1.54, 1.807) is 7.11 Å². The molecule has 0 unspecified atom stereocenters. The van der Waals surface area contributed by atoms with Gasteiger partial charge in [0.2, 0.25) is 5.91 Å². The normalized spacial score (nSPS) is 10.8. The van der Waals surface area contributed by atoms with Crippen molar-refractivity contribution in [1.82, 2.24) is 9.47 Å². The van der Waals surface area contributed by atoms with Crippen molar-refractivity contribution < 1.29 is 9.53 Å². The van der Waals surface area contributed by atoms with Gasteiger partial charge in [-0.15, -0.1) is 0 Å². The van der Waals surface area contributed by atoms with Crippen LogP contribution in [0.3, 0.4) is 0 Å². The second kappa shape index (κ2) is 9.50. The number of amides is 1. The van der Waals surface area contributed by atoms with Crippen molar-refractivity contribution in [3.8, 4) is 0 Å². The zero-order valence-electron chi connectivity index (χ0n) is 14.4. The first-order valence-electron chi connectivity index (χ1n) is 8.29. The van der Waals surface area contributed by atoms with E-state index < -0.39 is 0 Å². The summed E-state index contributed by atoms with van der Waals surface area (Å²) in [6.07, 6.45) is 3.40. The molecule has 1 aromatic heterocycles. The smallest absolute Gasteiger partial charge is 0.222 e. The molecule has 0 aliphatic carbocycles. The van der Waals surface area contributed by atoms with E-state index in [1.807, 2.05) is 42.3 Å². The van der Waals surface area contributed by atoms with Crippen molar-refractivity contribution in [1.29, 1.82) is 0 Å². The highest BCUT2D eigenvalue weighted by atomic mass is 35.5. The summed E-state index contributed by atoms with van der Waals surface area (Å²) in [5.41, 5.74) is 2.27. The molecule has 0 saturated heterocycles. The number of carbonyl (C=O) groups excluding carboxylic acids is 1. The summed E-state index contributed by atoms with van der Waals surface area (Å²) in [5.74, 6) is 0.168. The van der Waals surface area contributed by atoms with Crippen molar-refractivity contribution in [3.05, 3.63) is 58.9 Å². The lowest BCUT2D eigenvalue weighted by atomic mass is 10.2. The van der Waals surface area contributed by atoms with Crippen molar-refractivity contribution in [2.24, 2.45) is 0 Å². The van der Waals surface area contributed by atoms with Gasteiger partial charge >= 0.3 is 0 Å². The first kappa shape index (κ1) is 18.6. The van der Waals surface area contributed by atoms with E-state index in [-0.39, 0.29) is 5.91 Å². The van der Waals surface area contributed by atoms with Crippen LogP contribution >= 0.6 is 11.6 Å². The van der Waals surface area contributed by atoms with Crippen LogP contribution < -0.4 is 0 Å². The van der Waals surface area contributed by atoms with E-state index in [2.05, 4.69) is 16.7 Å². The highest BCUT2D eigenvalue weighted by Gasteiger charge is 2.14. The Morgan fingerprint density at radius 1 is 1.29 bits per heavy atom. The molecule has 130 valence electrons. The van der Waals surface area contributed by atoms with Gasteiger partial charge in [-0.1, -0.05) is 30.7 Å². The molecule has 24 heavy (non-hydrogen) atoms. The van der Waals surface area contributed by atoms with Crippen LogP contribution in [0.1, 0.15) is 31.0 Å². The Morgan fingerprint density at radius 2 is 2.12 bits per heavy atom. The minimum atomic E-state index is 0.168. The molecule has 0 bridgehead atoms. The van der Waals surface area contributed by atoms with Gasteiger partial charge in [0, 0.05) is 50.1 Å². The molecule has 2 aromatic rings. The number of nitrogens with zero attached hydrogens (tertiary/aromatic N) is 2. The Labute approximate surface area is 149 Å². The molecule has 0 saturated carbocycles. The second-order valence-corrected chi connectivity index (χ2v) is 6.21. The van der Waals surface area contributed by atoms with Crippen molar-refractivity contribution in [2.45, 2.75) is 32.9 Å². The van der Waals surface area contributed by atoms with E-state index in [0.29, 0.717) is 26.1 Å². The van der Waals surface area contributed by atoms with Gasteiger partial charge in [0.05, 0.1) is 6.54 Å². The largest absolute Gasteiger partial charge is 0.385 e. The fourth-order valence-corrected chi connectivity index (χ4v) is 2.90. The van der Waals surface area contributed by atoms with Gasteiger partial charge in [-0.05, 0) is 36.2 Å². The topological polar surface area (TPSA) is 34.5 Å². The molecule has 1 heterocycles.